The van der Waals surface area contributed by atoms with Gasteiger partial charge in [0, 0.05) is 18.8 Å². The van der Waals surface area contributed by atoms with Crippen LogP contribution in [0.4, 0.5) is 5.69 Å². The third-order valence-corrected chi connectivity index (χ3v) is 6.99. The molecule has 166 valence electrons. The predicted octanol–water partition coefficient (Wildman–Crippen LogP) is 4.71. The van der Waals surface area contributed by atoms with Crippen molar-refractivity contribution in [3.63, 3.8) is 0 Å². The molecule has 0 atom stereocenters. The molecule has 1 amide bonds. The summed E-state index contributed by atoms with van der Waals surface area (Å²) in [6.45, 7) is 1.24. The summed E-state index contributed by atoms with van der Waals surface area (Å²) in [5.74, 6) is 0.286. The lowest BCUT2D eigenvalue weighted by atomic mass is 10.0. The van der Waals surface area contributed by atoms with Gasteiger partial charge in [0.05, 0.1) is 16.7 Å². The number of thioether (sulfide) groups is 1. The molecule has 3 aromatic carbocycles. The Morgan fingerprint density at radius 1 is 0.939 bits per heavy atom. The lowest BCUT2D eigenvalue weighted by molar-refractivity contribution is -0.116. The SMILES string of the molecule is O=C(CSc1nc2ccccc2c(=O)n1CCc1ccccc1)N1CCCc2ccccc21. The van der Waals surface area contributed by atoms with Crippen molar-refractivity contribution in [2.45, 2.75) is 31.0 Å². The fraction of sp³-hybridized carbons (Fsp3) is 0.222. The molecule has 0 aliphatic carbocycles. The summed E-state index contributed by atoms with van der Waals surface area (Å²) in [4.78, 5) is 33.1. The van der Waals surface area contributed by atoms with Crippen molar-refractivity contribution in [2.75, 3.05) is 17.2 Å². The average molecular weight is 456 g/mol. The predicted molar refractivity (Wildman–Crippen MR) is 134 cm³/mol. The summed E-state index contributed by atoms with van der Waals surface area (Å²) >= 11 is 1.35. The third kappa shape index (κ3) is 4.57. The molecule has 0 bridgehead atoms. The molecule has 1 aromatic heterocycles. The Morgan fingerprint density at radius 2 is 1.70 bits per heavy atom. The summed E-state index contributed by atoms with van der Waals surface area (Å²) in [6, 6.07) is 25.6. The molecule has 4 aromatic rings. The van der Waals surface area contributed by atoms with E-state index in [1.165, 1.54) is 17.3 Å². The number of aromatic nitrogens is 2. The van der Waals surface area contributed by atoms with E-state index in [-0.39, 0.29) is 17.2 Å². The first-order valence-corrected chi connectivity index (χ1v) is 12.2. The molecule has 5 nitrogen and oxygen atoms in total. The van der Waals surface area contributed by atoms with Gasteiger partial charge in [-0.25, -0.2) is 4.98 Å². The zero-order chi connectivity index (χ0) is 22.6. The first kappa shape index (κ1) is 21.5. The van der Waals surface area contributed by atoms with E-state index in [4.69, 9.17) is 4.98 Å². The van der Waals surface area contributed by atoms with Crippen molar-refractivity contribution in [3.05, 3.63) is 100 Å². The summed E-state index contributed by atoms with van der Waals surface area (Å²) in [6.07, 6.45) is 2.68. The lowest BCUT2D eigenvalue weighted by Crippen LogP contribution is -2.36. The second-order valence-electron chi connectivity index (χ2n) is 8.17. The summed E-state index contributed by atoms with van der Waals surface area (Å²) in [5.41, 5.74) is 3.98. The van der Waals surface area contributed by atoms with Gasteiger partial charge in [-0.05, 0) is 48.6 Å². The van der Waals surface area contributed by atoms with Crippen LogP contribution in [-0.4, -0.2) is 27.8 Å². The largest absolute Gasteiger partial charge is 0.311 e. The maximum atomic E-state index is 13.3. The standard InChI is InChI=1S/C27H25N3O2S/c31-25(29-17-8-12-21-11-4-7-15-24(21)29)19-33-27-28-23-14-6-5-13-22(23)26(32)30(27)18-16-20-9-2-1-3-10-20/h1-7,9-11,13-15H,8,12,16-19H2. The van der Waals surface area contributed by atoms with Gasteiger partial charge in [-0.15, -0.1) is 0 Å². The molecule has 0 saturated heterocycles. The highest BCUT2D eigenvalue weighted by molar-refractivity contribution is 7.99. The summed E-state index contributed by atoms with van der Waals surface area (Å²) < 4.78 is 1.72. The molecule has 2 heterocycles. The van der Waals surface area contributed by atoms with Crippen LogP contribution >= 0.6 is 11.8 Å². The fourth-order valence-electron chi connectivity index (χ4n) is 4.34. The van der Waals surface area contributed by atoms with Crippen LogP contribution in [0.3, 0.4) is 0 Å². The molecule has 5 rings (SSSR count). The van der Waals surface area contributed by atoms with Crippen LogP contribution in [0, 0.1) is 0 Å². The molecule has 0 unspecified atom stereocenters. The highest BCUT2D eigenvalue weighted by Crippen LogP contribution is 2.28. The van der Waals surface area contributed by atoms with Crippen molar-refractivity contribution >= 4 is 34.3 Å². The molecular formula is C27H25N3O2S. The van der Waals surface area contributed by atoms with Gasteiger partial charge in [-0.2, -0.15) is 0 Å². The van der Waals surface area contributed by atoms with Crippen molar-refractivity contribution in [1.82, 2.24) is 9.55 Å². The number of carbonyl (C=O) groups excluding carboxylic acids is 1. The first-order chi connectivity index (χ1) is 16.2. The summed E-state index contributed by atoms with van der Waals surface area (Å²) in [5, 5.41) is 1.19. The van der Waals surface area contributed by atoms with E-state index in [9.17, 15) is 9.59 Å². The molecule has 0 N–H and O–H groups in total. The molecule has 0 spiro atoms. The van der Waals surface area contributed by atoms with E-state index >= 15 is 0 Å². The molecule has 33 heavy (non-hydrogen) atoms. The fourth-order valence-corrected chi connectivity index (χ4v) is 5.24. The Bertz CT molecular complexity index is 1350. The van der Waals surface area contributed by atoms with Gasteiger partial charge in [-0.3, -0.25) is 14.2 Å². The van der Waals surface area contributed by atoms with Gasteiger partial charge in [0.1, 0.15) is 0 Å². The maximum Gasteiger partial charge on any atom is 0.262 e. The quantitative estimate of drug-likeness (QED) is 0.312. The Morgan fingerprint density at radius 3 is 2.58 bits per heavy atom. The first-order valence-electron chi connectivity index (χ1n) is 11.3. The van der Waals surface area contributed by atoms with E-state index in [1.807, 2.05) is 65.6 Å². The van der Waals surface area contributed by atoms with Gasteiger partial charge in [0.15, 0.2) is 5.16 Å². The Hall–Kier alpha value is -3.38. The van der Waals surface area contributed by atoms with Crippen molar-refractivity contribution in [2.24, 2.45) is 0 Å². The molecule has 0 radical (unpaired) electrons. The van der Waals surface area contributed by atoms with Gasteiger partial charge in [0.2, 0.25) is 5.91 Å². The number of anilines is 1. The number of para-hydroxylation sites is 2. The normalized spacial score (nSPS) is 13.2. The smallest absolute Gasteiger partial charge is 0.262 e. The Labute approximate surface area is 197 Å². The van der Waals surface area contributed by atoms with E-state index in [1.54, 1.807) is 4.57 Å². The number of amides is 1. The number of hydrogen-bond donors (Lipinski definition) is 0. The number of rotatable bonds is 6. The third-order valence-electron chi connectivity index (χ3n) is 6.03. The Balaban J connectivity index is 1.41. The zero-order valence-corrected chi connectivity index (χ0v) is 19.1. The van der Waals surface area contributed by atoms with Crippen LogP contribution in [0.25, 0.3) is 10.9 Å². The minimum Gasteiger partial charge on any atom is -0.311 e. The molecule has 6 heteroatoms. The molecule has 0 fully saturated rings. The van der Waals surface area contributed by atoms with Crippen LogP contribution in [0.15, 0.2) is 88.8 Å². The van der Waals surface area contributed by atoms with Crippen LogP contribution in [-0.2, 0) is 24.2 Å². The van der Waals surface area contributed by atoms with Gasteiger partial charge in [0.25, 0.3) is 5.56 Å². The van der Waals surface area contributed by atoms with E-state index in [0.29, 0.717) is 22.6 Å². The van der Waals surface area contributed by atoms with Gasteiger partial charge < -0.3 is 4.90 Å². The van der Waals surface area contributed by atoms with Crippen LogP contribution in [0.1, 0.15) is 17.5 Å². The zero-order valence-electron chi connectivity index (χ0n) is 18.3. The van der Waals surface area contributed by atoms with E-state index < -0.39 is 0 Å². The van der Waals surface area contributed by atoms with Crippen molar-refractivity contribution in [1.29, 1.82) is 0 Å². The minimum absolute atomic E-state index is 0.0455. The number of hydrogen-bond acceptors (Lipinski definition) is 4. The van der Waals surface area contributed by atoms with E-state index in [2.05, 4.69) is 18.2 Å². The van der Waals surface area contributed by atoms with E-state index in [0.717, 1.165) is 37.1 Å². The van der Waals surface area contributed by atoms with Gasteiger partial charge in [-0.1, -0.05) is 72.4 Å². The van der Waals surface area contributed by atoms with Crippen LogP contribution in [0.5, 0.6) is 0 Å². The molecule has 0 saturated carbocycles. The minimum atomic E-state index is -0.0604. The highest BCUT2D eigenvalue weighted by Gasteiger charge is 2.23. The second kappa shape index (κ2) is 9.63. The Kier molecular flexibility index (Phi) is 6.26. The average Bonchev–Trinajstić information content (AvgIpc) is 2.87. The number of nitrogens with zero attached hydrogens (tertiary/aromatic N) is 3. The molecular weight excluding hydrogens is 430 g/mol. The maximum absolute atomic E-state index is 13.3. The number of carbonyl (C=O) groups is 1. The van der Waals surface area contributed by atoms with Crippen LogP contribution < -0.4 is 10.5 Å². The highest BCUT2D eigenvalue weighted by atomic mass is 32.2. The second-order valence-corrected chi connectivity index (χ2v) is 9.11. The number of aryl methyl sites for hydroxylation is 2. The molecule has 1 aliphatic rings. The number of benzene rings is 3. The summed E-state index contributed by atoms with van der Waals surface area (Å²) in [7, 11) is 0. The topological polar surface area (TPSA) is 55.2 Å². The van der Waals surface area contributed by atoms with Crippen molar-refractivity contribution in [3.8, 4) is 0 Å². The monoisotopic (exact) mass is 455 g/mol. The number of fused-ring (bicyclic) bond motifs is 2. The lowest BCUT2D eigenvalue weighted by Gasteiger charge is -2.29. The van der Waals surface area contributed by atoms with Crippen molar-refractivity contribution < 1.29 is 4.79 Å². The van der Waals surface area contributed by atoms with Crippen LogP contribution in [0.2, 0.25) is 0 Å². The van der Waals surface area contributed by atoms with Gasteiger partial charge >= 0.3 is 0 Å². The molecule has 1 aliphatic heterocycles.